The van der Waals surface area contributed by atoms with Crippen molar-refractivity contribution in [1.29, 1.82) is 0 Å². The fraction of sp³-hybridized carbons (Fsp3) is 0.421. The zero-order valence-electron chi connectivity index (χ0n) is 15.4. The quantitative estimate of drug-likeness (QED) is 0.828. The summed E-state index contributed by atoms with van der Waals surface area (Å²) >= 11 is 0. The molecule has 1 aromatic carbocycles. The first kappa shape index (κ1) is 19.2. The minimum absolute atomic E-state index is 0.0168. The van der Waals surface area contributed by atoms with Gasteiger partial charge in [0.15, 0.2) is 17.1 Å². The third kappa shape index (κ3) is 3.49. The molecule has 2 atom stereocenters. The van der Waals surface area contributed by atoms with E-state index in [1.54, 1.807) is 6.92 Å². The van der Waals surface area contributed by atoms with Crippen LogP contribution in [-0.4, -0.2) is 35.7 Å². The number of ether oxygens (including phenoxy) is 1. The fourth-order valence-electron chi connectivity index (χ4n) is 3.15. The third-order valence-electron chi connectivity index (χ3n) is 4.94. The molecule has 3 rings (SSSR count). The predicted octanol–water partition coefficient (Wildman–Crippen LogP) is 2.88. The standard InChI is InChI=1S/C19H21F2N3O3/c1-11-8-27-24-17(11)15(25)7-12-4-5-14(20)13(6-12)19(3)18(2,21)10-26-9-16(22)23-19/h4-6,8H,7,9-10H2,1-3H3,(H2,22,23)/t18?,19-/m1/s1. The van der Waals surface area contributed by atoms with E-state index in [4.69, 9.17) is 15.0 Å². The van der Waals surface area contributed by atoms with Gasteiger partial charge in [0.1, 0.15) is 30.1 Å². The van der Waals surface area contributed by atoms with Crippen LogP contribution in [0.5, 0.6) is 0 Å². The molecule has 2 N–H and O–H groups in total. The highest BCUT2D eigenvalue weighted by Gasteiger charge is 2.50. The highest BCUT2D eigenvalue weighted by atomic mass is 19.1. The van der Waals surface area contributed by atoms with Crippen molar-refractivity contribution < 1.29 is 22.8 Å². The number of carbonyl (C=O) groups excluding carboxylic acids is 1. The van der Waals surface area contributed by atoms with E-state index in [-0.39, 0.29) is 42.5 Å². The van der Waals surface area contributed by atoms with Crippen molar-refractivity contribution in [1.82, 2.24) is 5.16 Å². The Kier molecular flexibility index (Phi) is 4.86. The monoisotopic (exact) mass is 377 g/mol. The van der Waals surface area contributed by atoms with Crippen LogP contribution in [0.4, 0.5) is 8.78 Å². The van der Waals surface area contributed by atoms with Crippen molar-refractivity contribution in [2.24, 2.45) is 10.7 Å². The smallest absolute Gasteiger partial charge is 0.189 e. The lowest BCUT2D eigenvalue weighted by Gasteiger charge is -2.36. The van der Waals surface area contributed by atoms with Gasteiger partial charge in [0.05, 0.1) is 6.61 Å². The number of rotatable bonds is 4. The van der Waals surface area contributed by atoms with Gasteiger partial charge in [-0.05, 0) is 38.5 Å². The molecule has 0 spiro atoms. The maximum absolute atomic E-state index is 15.3. The lowest BCUT2D eigenvalue weighted by Crippen LogP contribution is -2.46. The SMILES string of the molecule is Cc1conc1C(=O)Cc1ccc(F)c([C@@]2(C)N=C(N)COCC2(C)F)c1. The molecule has 1 aliphatic heterocycles. The van der Waals surface area contributed by atoms with Crippen molar-refractivity contribution in [3.8, 4) is 0 Å². The van der Waals surface area contributed by atoms with Crippen molar-refractivity contribution in [2.75, 3.05) is 13.2 Å². The average Bonchev–Trinajstić information content (AvgIpc) is 2.98. The zero-order chi connectivity index (χ0) is 19.8. The summed E-state index contributed by atoms with van der Waals surface area (Å²) in [5.74, 6) is -0.828. The van der Waals surface area contributed by atoms with Gasteiger partial charge in [0, 0.05) is 17.5 Å². The van der Waals surface area contributed by atoms with Gasteiger partial charge in [-0.2, -0.15) is 0 Å². The number of nitrogens with zero attached hydrogens (tertiary/aromatic N) is 2. The topological polar surface area (TPSA) is 90.7 Å². The number of aryl methyl sites for hydroxylation is 1. The fourth-order valence-corrected chi connectivity index (χ4v) is 3.15. The van der Waals surface area contributed by atoms with E-state index in [1.165, 1.54) is 38.3 Å². The van der Waals surface area contributed by atoms with Gasteiger partial charge >= 0.3 is 0 Å². The zero-order valence-corrected chi connectivity index (χ0v) is 15.4. The Morgan fingerprint density at radius 1 is 1.37 bits per heavy atom. The number of hydrogen-bond acceptors (Lipinski definition) is 6. The molecule has 2 heterocycles. The van der Waals surface area contributed by atoms with Crippen molar-refractivity contribution in [2.45, 2.75) is 38.4 Å². The van der Waals surface area contributed by atoms with E-state index >= 15 is 4.39 Å². The third-order valence-corrected chi connectivity index (χ3v) is 4.94. The van der Waals surface area contributed by atoms with Gasteiger partial charge in [-0.3, -0.25) is 9.79 Å². The number of benzene rings is 1. The molecule has 0 saturated heterocycles. The van der Waals surface area contributed by atoms with Crippen molar-refractivity contribution in [3.63, 3.8) is 0 Å². The second kappa shape index (κ2) is 6.84. The predicted molar refractivity (Wildman–Crippen MR) is 95.0 cm³/mol. The number of alkyl halides is 1. The number of aromatic nitrogens is 1. The summed E-state index contributed by atoms with van der Waals surface area (Å²) in [6, 6.07) is 4.13. The molecule has 2 aromatic rings. The van der Waals surface area contributed by atoms with Gasteiger partial charge in [-0.1, -0.05) is 11.2 Å². The number of amidine groups is 1. The number of carbonyl (C=O) groups is 1. The van der Waals surface area contributed by atoms with Gasteiger partial charge in [0.25, 0.3) is 0 Å². The van der Waals surface area contributed by atoms with Crippen LogP contribution in [-0.2, 0) is 16.7 Å². The molecule has 8 heteroatoms. The lowest BCUT2D eigenvalue weighted by atomic mass is 9.78. The Hall–Kier alpha value is -2.61. The van der Waals surface area contributed by atoms with Crippen LogP contribution in [0.2, 0.25) is 0 Å². The number of ketones is 1. The van der Waals surface area contributed by atoms with E-state index in [9.17, 15) is 9.18 Å². The summed E-state index contributed by atoms with van der Waals surface area (Å²) in [4.78, 5) is 16.6. The second-order valence-electron chi connectivity index (χ2n) is 7.13. The van der Waals surface area contributed by atoms with Gasteiger partial charge < -0.3 is 15.0 Å². The Bertz CT molecular complexity index is 907. The van der Waals surface area contributed by atoms with Gasteiger partial charge in [-0.25, -0.2) is 8.78 Å². The summed E-state index contributed by atoms with van der Waals surface area (Å²) in [6.45, 7) is 4.17. The maximum atomic E-state index is 15.3. The molecule has 0 radical (unpaired) electrons. The summed E-state index contributed by atoms with van der Waals surface area (Å²) < 4.78 is 40.0. The van der Waals surface area contributed by atoms with E-state index in [0.717, 1.165) is 0 Å². The Morgan fingerprint density at radius 3 is 2.78 bits per heavy atom. The van der Waals surface area contributed by atoms with Crippen LogP contribution in [0.1, 0.15) is 41.0 Å². The minimum atomic E-state index is -2.00. The average molecular weight is 377 g/mol. The summed E-state index contributed by atoms with van der Waals surface area (Å²) in [5, 5.41) is 3.69. The first-order valence-corrected chi connectivity index (χ1v) is 8.48. The van der Waals surface area contributed by atoms with Crippen LogP contribution in [0.25, 0.3) is 0 Å². The largest absolute Gasteiger partial charge is 0.386 e. The van der Waals surface area contributed by atoms with Crippen molar-refractivity contribution in [3.05, 3.63) is 52.7 Å². The first-order chi connectivity index (χ1) is 12.6. The van der Waals surface area contributed by atoms with Crippen LogP contribution < -0.4 is 5.73 Å². The molecular formula is C19H21F2N3O3. The van der Waals surface area contributed by atoms with Crippen LogP contribution >= 0.6 is 0 Å². The number of halogens is 2. The van der Waals surface area contributed by atoms with Crippen molar-refractivity contribution >= 4 is 11.6 Å². The number of nitrogens with two attached hydrogens (primary N) is 1. The van der Waals surface area contributed by atoms with Gasteiger partial charge in [-0.15, -0.1) is 0 Å². The van der Waals surface area contributed by atoms with E-state index < -0.39 is 17.0 Å². The molecule has 6 nitrogen and oxygen atoms in total. The molecule has 1 aliphatic rings. The van der Waals surface area contributed by atoms with E-state index in [1.807, 2.05) is 0 Å². The van der Waals surface area contributed by atoms with Crippen LogP contribution in [0.15, 0.2) is 34.0 Å². The van der Waals surface area contributed by atoms with E-state index in [2.05, 4.69) is 10.1 Å². The molecule has 0 fully saturated rings. The lowest BCUT2D eigenvalue weighted by molar-refractivity contribution is -0.00109. The Labute approximate surface area is 155 Å². The number of hydrogen-bond donors (Lipinski definition) is 1. The molecule has 144 valence electrons. The maximum Gasteiger partial charge on any atom is 0.189 e. The normalized spacial score (nSPS) is 25.7. The molecule has 0 bridgehead atoms. The number of Topliss-reactive ketones (excluding diaryl/α,β-unsaturated/α-hetero) is 1. The first-order valence-electron chi connectivity index (χ1n) is 8.48. The summed E-state index contributed by atoms with van der Waals surface area (Å²) in [5.41, 5.74) is 3.54. The van der Waals surface area contributed by atoms with E-state index in [0.29, 0.717) is 11.1 Å². The number of aliphatic imine (C=N–C) groups is 1. The minimum Gasteiger partial charge on any atom is -0.386 e. The molecular weight excluding hydrogens is 356 g/mol. The molecule has 0 aliphatic carbocycles. The van der Waals surface area contributed by atoms with Crippen LogP contribution in [0, 0.1) is 12.7 Å². The molecule has 0 amide bonds. The molecule has 1 unspecified atom stereocenters. The summed E-state index contributed by atoms with van der Waals surface area (Å²) in [7, 11) is 0. The Morgan fingerprint density at radius 2 is 2.11 bits per heavy atom. The molecule has 1 aromatic heterocycles. The summed E-state index contributed by atoms with van der Waals surface area (Å²) in [6.07, 6.45) is 1.34. The molecule has 0 saturated carbocycles. The Balaban J connectivity index is 2.01. The van der Waals surface area contributed by atoms with Gasteiger partial charge in [0.2, 0.25) is 0 Å². The molecule has 27 heavy (non-hydrogen) atoms. The second-order valence-corrected chi connectivity index (χ2v) is 7.13. The van der Waals surface area contributed by atoms with Crippen LogP contribution in [0.3, 0.4) is 0 Å². The highest BCUT2D eigenvalue weighted by Crippen LogP contribution is 2.42. The highest BCUT2D eigenvalue weighted by molar-refractivity contribution is 5.96.